The maximum Gasteiger partial charge on any atom is 0.224 e. The van der Waals surface area contributed by atoms with Crippen LogP contribution in [0.15, 0.2) is 24.3 Å². The van der Waals surface area contributed by atoms with Gasteiger partial charge in [-0.1, -0.05) is 27.2 Å². The van der Waals surface area contributed by atoms with Gasteiger partial charge >= 0.3 is 0 Å². The van der Waals surface area contributed by atoms with Gasteiger partial charge in [-0.2, -0.15) is 0 Å². The molecule has 1 aromatic heterocycles. The zero-order valence-electron chi connectivity index (χ0n) is 21.0. The van der Waals surface area contributed by atoms with Gasteiger partial charge in [-0.05, 0) is 68.4 Å². The van der Waals surface area contributed by atoms with Crippen molar-refractivity contribution in [2.24, 2.45) is 11.8 Å². The zero-order chi connectivity index (χ0) is 24.0. The van der Waals surface area contributed by atoms with Crippen LogP contribution in [0.25, 0.3) is 10.9 Å². The summed E-state index contributed by atoms with van der Waals surface area (Å²) in [5.74, 6) is 2.30. The van der Waals surface area contributed by atoms with Crippen LogP contribution in [0.4, 0.5) is 11.5 Å². The van der Waals surface area contributed by atoms with Gasteiger partial charge in [0.15, 0.2) is 0 Å². The molecule has 2 amide bonds. The van der Waals surface area contributed by atoms with E-state index in [1.807, 2.05) is 30.0 Å². The number of fused-ring (bicyclic) bond motifs is 1. The van der Waals surface area contributed by atoms with Crippen molar-refractivity contribution in [2.75, 3.05) is 36.4 Å². The van der Waals surface area contributed by atoms with Crippen LogP contribution in [0.5, 0.6) is 0 Å². The third-order valence-electron chi connectivity index (χ3n) is 6.56. The first-order valence-corrected chi connectivity index (χ1v) is 12.5. The lowest BCUT2D eigenvalue weighted by molar-refractivity contribution is -0.132. The quantitative estimate of drug-likeness (QED) is 0.554. The molecule has 1 fully saturated rings. The Morgan fingerprint density at radius 2 is 1.85 bits per heavy atom. The molecule has 0 spiro atoms. The van der Waals surface area contributed by atoms with E-state index in [9.17, 15) is 9.59 Å². The van der Waals surface area contributed by atoms with E-state index in [1.165, 1.54) is 6.42 Å². The standard InChI is InChI=1S/C27H40N4O2/c1-6-8-13-30(7-2)27(33)12-11-26(32)28-22-9-10-24-23(16-22)21(5)15-25(29-24)31-17-19(3)14-20(4)18-31/h9-10,15-16,19-20H,6-8,11-14,17-18H2,1-5H3,(H,28,32). The predicted molar refractivity (Wildman–Crippen MR) is 137 cm³/mol. The number of amides is 2. The second-order valence-corrected chi connectivity index (χ2v) is 9.76. The molecule has 180 valence electrons. The molecule has 1 N–H and O–H groups in total. The lowest BCUT2D eigenvalue weighted by Crippen LogP contribution is -2.39. The number of benzene rings is 1. The minimum Gasteiger partial charge on any atom is -0.356 e. The highest BCUT2D eigenvalue weighted by atomic mass is 16.2. The van der Waals surface area contributed by atoms with Crippen molar-refractivity contribution in [3.05, 3.63) is 29.8 Å². The molecule has 2 unspecified atom stereocenters. The fraction of sp³-hybridized carbons (Fsp3) is 0.593. The zero-order valence-corrected chi connectivity index (χ0v) is 21.0. The van der Waals surface area contributed by atoms with Crippen LogP contribution in [0.2, 0.25) is 0 Å². The molecular weight excluding hydrogens is 412 g/mol. The van der Waals surface area contributed by atoms with Crippen molar-refractivity contribution in [1.29, 1.82) is 0 Å². The lowest BCUT2D eigenvalue weighted by Gasteiger charge is -2.36. The first-order chi connectivity index (χ1) is 15.8. The molecule has 1 aliphatic heterocycles. The van der Waals surface area contributed by atoms with E-state index >= 15 is 0 Å². The van der Waals surface area contributed by atoms with Crippen molar-refractivity contribution >= 4 is 34.2 Å². The minimum absolute atomic E-state index is 0.0496. The lowest BCUT2D eigenvalue weighted by atomic mass is 9.92. The summed E-state index contributed by atoms with van der Waals surface area (Å²) >= 11 is 0. The summed E-state index contributed by atoms with van der Waals surface area (Å²) in [6, 6.07) is 8.03. The number of piperidine rings is 1. The third-order valence-corrected chi connectivity index (χ3v) is 6.56. The highest BCUT2D eigenvalue weighted by molar-refractivity contribution is 5.96. The maximum atomic E-state index is 12.5. The number of carbonyl (C=O) groups is 2. The van der Waals surface area contributed by atoms with E-state index in [2.05, 4.69) is 44.0 Å². The van der Waals surface area contributed by atoms with Crippen LogP contribution < -0.4 is 10.2 Å². The summed E-state index contributed by atoms with van der Waals surface area (Å²) in [7, 11) is 0. The summed E-state index contributed by atoms with van der Waals surface area (Å²) in [5, 5.41) is 4.00. The Hall–Kier alpha value is -2.63. The number of nitrogens with one attached hydrogen (secondary N) is 1. The van der Waals surface area contributed by atoms with Crippen LogP contribution in [0, 0.1) is 18.8 Å². The van der Waals surface area contributed by atoms with E-state index in [0.717, 1.165) is 60.4 Å². The number of aryl methyl sites for hydroxylation is 1. The molecule has 0 saturated carbocycles. The molecule has 1 aromatic carbocycles. The molecule has 3 rings (SSSR count). The predicted octanol–water partition coefficient (Wildman–Crippen LogP) is 5.39. The maximum absolute atomic E-state index is 12.5. The number of rotatable bonds is 9. The van der Waals surface area contributed by atoms with Crippen LogP contribution in [-0.4, -0.2) is 47.9 Å². The summed E-state index contributed by atoms with van der Waals surface area (Å²) in [4.78, 5) is 34.0. The Bertz CT molecular complexity index is 964. The molecular formula is C27H40N4O2. The van der Waals surface area contributed by atoms with Crippen molar-refractivity contribution in [1.82, 2.24) is 9.88 Å². The molecule has 33 heavy (non-hydrogen) atoms. The Morgan fingerprint density at radius 1 is 1.12 bits per heavy atom. The SMILES string of the molecule is CCCCN(CC)C(=O)CCC(=O)Nc1ccc2nc(N3CC(C)CC(C)C3)cc(C)c2c1. The average Bonchev–Trinajstić information content (AvgIpc) is 2.77. The highest BCUT2D eigenvalue weighted by Crippen LogP contribution is 2.29. The van der Waals surface area contributed by atoms with E-state index in [1.54, 1.807) is 0 Å². The summed E-state index contributed by atoms with van der Waals surface area (Å²) in [6.45, 7) is 14.4. The number of hydrogen-bond donors (Lipinski definition) is 1. The summed E-state index contributed by atoms with van der Waals surface area (Å²) in [5.41, 5.74) is 2.84. The average molecular weight is 453 g/mol. The van der Waals surface area contributed by atoms with Crippen molar-refractivity contribution < 1.29 is 9.59 Å². The molecule has 1 aliphatic rings. The van der Waals surface area contributed by atoms with E-state index in [0.29, 0.717) is 18.4 Å². The van der Waals surface area contributed by atoms with Gasteiger partial charge < -0.3 is 15.1 Å². The van der Waals surface area contributed by atoms with Gasteiger partial charge in [0.1, 0.15) is 5.82 Å². The molecule has 6 nitrogen and oxygen atoms in total. The van der Waals surface area contributed by atoms with Crippen LogP contribution in [0.3, 0.4) is 0 Å². The van der Waals surface area contributed by atoms with E-state index in [-0.39, 0.29) is 24.7 Å². The second-order valence-electron chi connectivity index (χ2n) is 9.76. The number of hydrogen-bond acceptors (Lipinski definition) is 4. The molecule has 6 heteroatoms. The first kappa shape index (κ1) is 25.0. The minimum atomic E-state index is -0.132. The Labute approximate surface area is 198 Å². The number of nitrogens with zero attached hydrogens (tertiary/aromatic N) is 3. The molecule has 2 atom stereocenters. The Morgan fingerprint density at radius 3 is 2.52 bits per heavy atom. The summed E-state index contributed by atoms with van der Waals surface area (Å²) < 4.78 is 0. The van der Waals surface area contributed by atoms with Gasteiger partial charge in [0.05, 0.1) is 5.52 Å². The molecule has 0 bridgehead atoms. The fourth-order valence-electron chi connectivity index (χ4n) is 4.88. The normalized spacial score (nSPS) is 18.4. The number of unbranched alkanes of at least 4 members (excludes halogenated alkanes) is 1. The number of aromatic nitrogens is 1. The molecule has 1 saturated heterocycles. The molecule has 0 aliphatic carbocycles. The van der Waals surface area contributed by atoms with Crippen LogP contribution in [-0.2, 0) is 9.59 Å². The van der Waals surface area contributed by atoms with Crippen molar-refractivity contribution in [3.63, 3.8) is 0 Å². The van der Waals surface area contributed by atoms with Gasteiger partial charge in [-0.25, -0.2) is 4.98 Å². The Balaban J connectivity index is 1.64. The first-order valence-electron chi connectivity index (χ1n) is 12.5. The third kappa shape index (κ3) is 6.68. The van der Waals surface area contributed by atoms with Gasteiger partial charge in [0.25, 0.3) is 0 Å². The van der Waals surface area contributed by atoms with Crippen LogP contribution in [0.1, 0.15) is 65.4 Å². The molecule has 2 heterocycles. The fourth-order valence-corrected chi connectivity index (χ4v) is 4.88. The monoisotopic (exact) mass is 452 g/mol. The largest absolute Gasteiger partial charge is 0.356 e. The number of carbonyl (C=O) groups excluding carboxylic acids is 2. The Kier molecular flexibility index (Phi) is 8.70. The van der Waals surface area contributed by atoms with Crippen molar-refractivity contribution in [2.45, 2.75) is 66.7 Å². The molecule has 2 aromatic rings. The number of pyridine rings is 1. The van der Waals surface area contributed by atoms with Gasteiger partial charge in [0, 0.05) is 50.1 Å². The van der Waals surface area contributed by atoms with E-state index < -0.39 is 0 Å². The molecule has 0 radical (unpaired) electrons. The topological polar surface area (TPSA) is 65.5 Å². The summed E-state index contributed by atoms with van der Waals surface area (Å²) in [6.07, 6.45) is 3.76. The smallest absolute Gasteiger partial charge is 0.224 e. The second kappa shape index (κ2) is 11.5. The van der Waals surface area contributed by atoms with Gasteiger partial charge in [0.2, 0.25) is 11.8 Å². The van der Waals surface area contributed by atoms with Crippen molar-refractivity contribution in [3.8, 4) is 0 Å². The van der Waals surface area contributed by atoms with E-state index in [4.69, 9.17) is 4.98 Å². The van der Waals surface area contributed by atoms with Gasteiger partial charge in [-0.15, -0.1) is 0 Å². The van der Waals surface area contributed by atoms with Gasteiger partial charge in [-0.3, -0.25) is 9.59 Å². The number of anilines is 2. The highest BCUT2D eigenvalue weighted by Gasteiger charge is 2.23. The van der Waals surface area contributed by atoms with Crippen LogP contribution >= 0.6 is 0 Å².